The molecule has 0 heterocycles. The largest absolute Gasteiger partial charge is 0.378 e. The average Bonchev–Trinajstić information content (AvgIpc) is 2.77. The molecule has 0 aromatic heterocycles. The van der Waals surface area contributed by atoms with Crippen LogP contribution in [0.5, 0.6) is 0 Å². The maximum Gasteiger partial charge on any atom is 0.269 e. The monoisotopic (exact) mass is 407 g/mol. The molecule has 3 amide bonds. The topological polar surface area (TPSA) is 106 Å². The summed E-state index contributed by atoms with van der Waals surface area (Å²) in [7, 11) is 3.73. The van der Waals surface area contributed by atoms with Crippen LogP contribution in [0.25, 0.3) is 0 Å². The minimum Gasteiger partial charge on any atom is -0.378 e. The standard InChI is InChI=1S/C22H25N5O3/c1-26(2)19-11-6-8-17(16-19)22(30)25-24-20(28)12-13-21(29)27(15-7-14-23)18-9-4-3-5-10-18/h3-6,8-11,16H,7,12-13,15H2,1-2H3,(H,24,28)(H,25,30). The summed E-state index contributed by atoms with van der Waals surface area (Å²) in [4.78, 5) is 40.2. The number of nitrogens with zero attached hydrogens (tertiary/aromatic N) is 3. The number of carbonyl (C=O) groups is 3. The Kier molecular flexibility index (Phi) is 8.39. The second-order valence-corrected chi connectivity index (χ2v) is 6.74. The number of nitrogens with one attached hydrogen (secondary N) is 2. The van der Waals surface area contributed by atoms with E-state index >= 15 is 0 Å². The zero-order valence-corrected chi connectivity index (χ0v) is 17.1. The molecule has 0 fully saturated rings. The molecule has 0 aliphatic carbocycles. The number of amides is 3. The lowest BCUT2D eigenvalue weighted by atomic mass is 10.2. The van der Waals surface area contributed by atoms with Crippen molar-refractivity contribution in [2.75, 3.05) is 30.4 Å². The van der Waals surface area contributed by atoms with Gasteiger partial charge in [0.05, 0.1) is 12.5 Å². The molecule has 30 heavy (non-hydrogen) atoms. The number of benzene rings is 2. The highest BCUT2D eigenvalue weighted by molar-refractivity contribution is 5.97. The van der Waals surface area contributed by atoms with Crippen LogP contribution >= 0.6 is 0 Å². The summed E-state index contributed by atoms with van der Waals surface area (Å²) in [5, 5.41) is 8.83. The molecule has 8 heteroatoms. The van der Waals surface area contributed by atoms with E-state index in [1.54, 1.807) is 42.5 Å². The Morgan fingerprint density at radius 1 is 0.933 bits per heavy atom. The molecule has 2 rings (SSSR count). The van der Waals surface area contributed by atoms with Gasteiger partial charge in [0.1, 0.15) is 0 Å². The van der Waals surface area contributed by atoms with Gasteiger partial charge in [0.15, 0.2) is 0 Å². The minimum absolute atomic E-state index is 0.0435. The lowest BCUT2D eigenvalue weighted by molar-refractivity contribution is -0.125. The van der Waals surface area contributed by atoms with Crippen LogP contribution in [0.3, 0.4) is 0 Å². The maximum atomic E-state index is 12.6. The van der Waals surface area contributed by atoms with Crippen LogP contribution in [-0.2, 0) is 9.59 Å². The molecule has 0 spiro atoms. The first kappa shape index (κ1) is 22.4. The van der Waals surface area contributed by atoms with Crippen molar-refractivity contribution in [3.05, 3.63) is 60.2 Å². The lowest BCUT2D eigenvalue weighted by Crippen LogP contribution is -2.42. The molecule has 0 aliphatic rings. The Morgan fingerprint density at radius 3 is 2.30 bits per heavy atom. The summed E-state index contributed by atoms with van der Waals surface area (Å²) in [6, 6.07) is 18.0. The summed E-state index contributed by atoms with van der Waals surface area (Å²) in [5.74, 6) is -1.19. The van der Waals surface area contributed by atoms with Crippen molar-refractivity contribution in [3.8, 4) is 6.07 Å². The smallest absolute Gasteiger partial charge is 0.269 e. The number of para-hydroxylation sites is 1. The predicted molar refractivity (Wildman–Crippen MR) is 115 cm³/mol. The van der Waals surface area contributed by atoms with Crippen molar-refractivity contribution in [2.45, 2.75) is 19.3 Å². The normalized spacial score (nSPS) is 9.90. The first-order valence-electron chi connectivity index (χ1n) is 9.51. The van der Waals surface area contributed by atoms with Gasteiger partial charge in [-0.15, -0.1) is 0 Å². The van der Waals surface area contributed by atoms with Gasteiger partial charge in [-0.1, -0.05) is 24.3 Å². The van der Waals surface area contributed by atoms with E-state index in [1.165, 1.54) is 4.90 Å². The molecular formula is C22H25N5O3. The summed E-state index contributed by atoms with van der Waals surface area (Å²) < 4.78 is 0. The lowest BCUT2D eigenvalue weighted by Gasteiger charge is -2.21. The Bertz CT molecular complexity index is 922. The Balaban J connectivity index is 1.87. The van der Waals surface area contributed by atoms with E-state index < -0.39 is 11.8 Å². The van der Waals surface area contributed by atoms with Crippen molar-refractivity contribution < 1.29 is 14.4 Å². The van der Waals surface area contributed by atoms with E-state index in [2.05, 4.69) is 10.9 Å². The summed E-state index contributed by atoms with van der Waals surface area (Å²) in [6.45, 7) is 0.250. The summed E-state index contributed by atoms with van der Waals surface area (Å²) >= 11 is 0. The van der Waals surface area contributed by atoms with Crippen LogP contribution in [0.15, 0.2) is 54.6 Å². The molecule has 2 N–H and O–H groups in total. The maximum absolute atomic E-state index is 12.6. The Labute approximate surface area is 176 Å². The molecule has 2 aromatic carbocycles. The third kappa shape index (κ3) is 6.63. The van der Waals surface area contributed by atoms with Crippen molar-refractivity contribution in [1.29, 1.82) is 5.26 Å². The zero-order chi connectivity index (χ0) is 21.9. The van der Waals surface area contributed by atoms with Crippen molar-refractivity contribution in [1.82, 2.24) is 10.9 Å². The van der Waals surface area contributed by atoms with Gasteiger partial charge in [0, 0.05) is 50.4 Å². The van der Waals surface area contributed by atoms with E-state index in [0.717, 1.165) is 5.69 Å². The quantitative estimate of drug-likeness (QED) is 0.653. The Morgan fingerprint density at radius 2 is 1.63 bits per heavy atom. The SMILES string of the molecule is CN(C)c1cccc(C(=O)NNC(=O)CCC(=O)N(CCC#N)c2ccccc2)c1. The minimum atomic E-state index is -0.478. The number of hydrazine groups is 1. The number of hydrogen-bond acceptors (Lipinski definition) is 5. The van der Waals surface area contributed by atoms with Gasteiger partial charge >= 0.3 is 0 Å². The van der Waals surface area contributed by atoms with Crippen molar-refractivity contribution in [2.24, 2.45) is 0 Å². The molecule has 0 saturated heterocycles. The highest BCUT2D eigenvalue weighted by atomic mass is 16.2. The average molecular weight is 407 g/mol. The first-order valence-corrected chi connectivity index (χ1v) is 9.51. The Hall–Kier alpha value is -3.86. The van der Waals surface area contributed by atoms with E-state index in [4.69, 9.17) is 5.26 Å². The van der Waals surface area contributed by atoms with Crippen molar-refractivity contribution >= 4 is 29.1 Å². The van der Waals surface area contributed by atoms with Gasteiger partial charge in [-0.2, -0.15) is 5.26 Å². The van der Waals surface area contributed by atoms with Gasteiger partial charge in [0.25, 0.3) is 5.91 Å². The van der Waals surface area contributed by atoms with Gasteiger partial charge in [-0.05, 0) is 30.3 Å². The number of rotatable bonds is 8. The fourth-order valence-electron chi connectivity index (χ4n) is 2.71. The van der Waals surface area contributed by atoms with Gasteiger partial charge in [-0.25, -0.2) is 0 Å². The molecule has 0 radical (unpaired) electrons. The molecule has 156 valence electrons. The van der Waals surface area contributed by atoms with Crippen LogP contribution < -0.4 is 20.7 Å². The molecule has 0 saturated carbocycles. The van der Waals surface area contributed by atoms with E-state index in [9.17, 15) is 14.4 Å². The fraction of sp³-hybridized carbons (Fsp3) is 0.273. The number of nitriles is 1. The first-order chi connectivity index (χ1) is 14.4. The highest BCUT2D eigenvalue weighted by Crippen LogP contribution is 2.16. The number of hydrogen-bond donors (Lipinski definition) is 2. The second-order valence-electron chi connectivity index (χ2n) is 6.74. The fourth-order valence-corrected chi connectivity index (χ4v) is 2.71. The van der Waals surface area contributed by atoms with Crippen LogP contribution in [-0.4, -0.2) is 38.4 Å². The number of carbonyl (C=O) groups excluding carboxylic acids is 3. The molecular weight excluding hydrogens is 382 g/mol. The summed E-state index contributed by atoms with van der Waals surface area (Å²) in [6.07, 6.45) is 0.0553. The van der Waals surface area contributed by atoms with Crippen LogP contribution in [0.2, 0.25) is 0 Å². The summed E-state index contributed by atoms with van der Waals surface area (Å²) in [5.41, 5.74) is 6.63. The van der Waals surface area contributed by atoms with Gasteiger partial charge in [0.2, 0.25) is 11.8 Å². The zero-order valence-electron chi connectivity index (χ0n) is 17.1. The third-order valence-electron chi connectivity index (χ3n) is 4.32. The second kappa shape index (κ2) is 11.2. The van der Waals surface area contributed by atoms with E-state index in [-0.39, 0.29) is 31.7 Å². The van der Waals surface area contributed by atoms with Crippen LogP contribution in [0.1, 0.15) is 29.6 Å². The van der Waals surface area contributed by atoms with Gasteiger partial charge in [-0.3, -0.25) is 25.2 Å². The molecule has 0 bridgehead atoms. The molecule has 8 nitrogen and oxygen atoms in total. The molecule has 0 atom stereocenters. The van der Waals surface area contributed by atoms with Crippen LogP contribution in [0, 0.1) is 11.3 Å². The van der Waals surface area contributed by atoms with Gasteiger partial charge < -0.3 is 9.80 Å². The van der Waals surface area contributed by atoms with Crippen LogP contribution in [0.4, 0.5) is 11.4 Å². The van der Waals surface area contributed by atoms with E-state index in [1.807, 2.05) is 37.2 Å². The van der Waals surface area contributed by atoms with E-state index in [0.29, 0.717) is 11.3 Å². The molecule has 0 aliphatic heterocycles. The molecule has 0 unspecified atom stereocenters. The molecule has 2 aromatic rings. The number of anilines is 2. The van der Waals surface area contributed by atoms with Crippen molar-refractivity contribution in [3.63, 3.8) is 0 Å². The predicted octanol–water partition coefficient (Wildman–Crippen LogP) is 2.24. The highest BCUT2D eigenvalue weighted by Gasteiger charge is 2.17. The third-order valence-corrected chi connectivity index (χ3v) is 4.32.